The molecule has 0 aliphatic heterocycles. The molecule has 4 aromatic rings. The molecular weight excluding hydrogens is 447 g/mol. The normalized spacial score (nSPS) is 13.6. The smallest absolute Gasteiger partial charge is 0.383 e. The number of nitrogens with two attached hydrogens (primary N) is 2. The molecule has 0 bridgehead atoms. The van der Waals surface area contributed by atoms with Crippen molar-refractivity contribution in [3.8, 4) is 11.1 Å². The van der Waals surface area contributed by atoms with E-state index in [-0.39, 0.29) is 5.82 Å². The van der Waals surface area contributed by atoms with Crippen LogP contribution in [0, 0.1) is 0 Å². The fourth-order valence-electron chi connectivity index (χ4n) is 3.59. The van der Waals surface area contributed by atoms with Crippen molar-refractivity contribution >= 4 is 34.5 Å². The predicted octanol–water partition coefficient (Wildman–Crippen LogP) is 4.16. The second-order valence-corrected chi connectivity index (χ2v) is 7.27. The molecule has 34 heavy (non-hydrogen) atoms. The Morgan fingerprint density at radius 2 is 1.82 bits per heavy atom. The third-order valence-electron chi connectivity index (χ3n) is 5.17. The van der Waals surface area contributed by atoms with Crippen LogP contribution in [0.1, 0.15) is 25.2 Å². The lowest BCUT2D eigenvalue weighted by Gasteiger charge is -2.17. The number of fused-ring (bicyclic) bond motifs is 1. The van der Waals surface area contributed by atoms with Crippen molar-refractivity contribution in [1.82, 2.24) is 24.5 Å². The molecule has 0 radical (unpaired) electrons. The molecule has 1 aromatic carbocycles. The molecule has 3 aromatic heterocycles. The van der Waals surface area contributed by atoms with Crippen molar-refractivity contribution in [2.24, 2.45) is 15.9 Å². The van der Waals surface area contributed by atoms with Crippen molar-refractivity contribution in [3.63, 3.8) is 0 Å². The van der Waals surface area contributed by atoms with Crippen molar-refractivity contribution in [2.75, 3.05) is 5.73 Å². The number of para-hydroxylation sites is 1. The Balaban J connectivity index is 1.81. The summed E-state index contributed by atoms with van der Waals surface area (Å²) in [5.41, 5.74) is 8.60. The standard InChI is InChI=1S/C22H20F3N9/c1-2-17(16(33-27)10-28-14-6-4-3-5-7-14)34-11-15(18-19(26)31-12-32-20(18)34)13-8-29-21(30-9-13)22(23,24)25/h3-12,17H,2,27H2,1H3,(H2,26,31,32). The van der Waals surface area contributed by atoms with Crippen LogP contribution in [0.3, 0.4) is 0 Å². The van der Waals surface area contributed by atoms with Gasteiger partial charge in [-0.05, 0) is 18.6 Å². The number of alkyl halides is 3. The highest BCUT2D eigenvalue weighted by Crippen LogP contribution is 2.35. The Morgan fingerprint density at radius 1 is 1.12 bits per heavy atom. The lowest BCUT2D eigenvalue weighted by atomic mass is 10.1. The number of nitrogens with zero attached hydrogens (tertiary/aromatic N) is 7. The number of benzene rings is 1. The summed E-state index contributed by atoms with van der Waals surface area (Å²) in [6, 6.07) is 8.90. The first kappa shape index (κ1) is 22.8. The number of halogens is 3. The van der Waals surface area contributed by atoms with Crippen LogP contribution in [-0.4, -0.2) is 36.4 Å². The molecule has 1 unspecified atom stereocenters. The number of hydrogen-bond acceptors (Lipinski definition) is 8. The molecule has 174 valence electrons. The lowest BCUT2D eigenvalue weighted by molar-refractivity contribution is -0.144. The molecule has 1 atom stereocenters. The molecule has 0 aliphatic rings. The van der Waals surface area contributed by atoms with E-state index in [1.165, 1.54) is 6.33 Å². The topological polar surface area (TPSA) is 133 Å². The first-order valence-electron chi connectivity index (χ1n) is 10.2. The molecule has 9 nitrogen and oxygen atoms in total. The van der Waals surface area contributed by atoms with Gasteiger partial charge in [0, 0.05) is 29.7 Å². The number of anilines is 1. The maximum atomic E-state index is 12.9. The molecule has 0 aliphatic carbocycles. The highest BCUT2D eigenvalue weighted by Gasteiger charge is 2.34. The average Bonchev–Trinajstić information content (AvgIpc) is 3.22. The van der Waals surface area contributed by atoms with Crippen LogP contribution in [-0.2, 0) is 6.18 Å². The van der Waals surface area contributed by atoms with Gasteiger partial charge in [-0.1, -0.05) is 25.1 Å². The van der Waals surface area contributed by atoms with Crippen molar-refractivity contribution < 1.29 is 13.2 Å². The molecule has 0 amide bonds. The second-order valence-electron chi connectivity index (χ2n) is 7.27. The van der Waals surface area contributed by atoms with E-state index in [0.717, 1.165) is 18.1 Å². The molecular formula is C22H20F3N9. The lowest BCUT2D eigenvalue weighted by Crippen LogP contribution is -2.21. The van der Waals surface area contributed by atoms with E-state index in [1.54, 1.807) is 17.0 Å². The molecule has 0 fully saturated rings. The summed E-state index contributed by atoms with van der Waals surface area (Å²) in [7, 11) is 0. The third-order valence-corrected chi connectivity index (χ3v) is 5.17. The molecule has 4 rings (SSSR count). The number of aliphatic imine (C=N–C) groups is 1. The highest BCUT2D eigenvalue weighted by molar-refractivity contribution is 6.32. The van der Waals surface area contributed by atoms with E-state index >= 15 is 0 Å². The van der Waals surface area contributed by atoms with Gasteiger partial charge in [0.1, 0.15) is 23.5 Å². The summed E-state index contributed by atoms with van der Waals surface area (Å²) in [5.74, 6) is 4.63. The van der Waals surface area contributed by atoms with Crippen LogP contribution in [0.25, 0.3) is 22.2 Å². The Morgan fingerprint density at radius 3 is 2.44 bits per heavy atom. The summed E-state index contributed by atoms with van der Waals surface area (Å²) < 4.78 is 40.5. The fraction of sp³-hybridized carbons (Fsp3) is 0.182. The zero-order valence-electron chi connectivity index (χ0n) is 18.0. The SMILES string of the molecule is CCC(C(C=Nc1ccccc1)=NN)n1cc(-c2cnc(C(F)(F)F)nc2)c2c(N)ncnc21. The van der Waals surface area contributed by atoms with Gasteiger partial charge in [-0.2, -0.15) is 18.3 Å². The zero-order chi connectivity index (χ0) is 24.3. The van der Waals surface area contributed by atoms with Gasteiger partial charge in [-0.15, -0.1) is 0 Å². The van der Waals surface area contributed by atoms with E-state index in [2.05, 4.69) is 30.0 Å². The van der Waals surface area contributed by atoms with Crippen molar-refractivity contribution in [3.05, 3.63) is 61.1 Å². The Kier molecular flexibility index (Phi) is 6.21. The van der Waals surface area contributed by atoms with Gasteiger partial charge in [-0.25, -0.2) is 19.9 Å². The van der Waals surface area contributed by atoms with Crippen LogP contribution in [0.15, 0.2) is 65.3 Å². The summed E-state index contributed by atoms with van der Waals surface area (Å²) in [4.78, 5) is 19.8. The summed E-state index contributed by atoms with van der Waals surface area (Å²) in [5, 5.41) is 4.38. The molecule has 0 saturated carbocycles. The van der Waals surface area contributed by atoms with E-state index in [1.807, 2.05) is 37.3 Å². The minimum absolute atomic E-state index is 0.165. The minimum Gasteiger partial charge on any atom is -0.383 e. The van der Waals surface area contributed by atoms with Gasteiger partial charge in [0.15, 0.2) is 0 Å². The zero-order valence-corrected chi connectivity index (χ0v) is 18.0. The van der Waals surface area contributed by atoms with Gasteiger partial charge < -0.3 is 16.1 Å². The molecule has 4 N–H and O–H groups in total. The van der Waals surface area contributed by atoms with Gasteiger partial charge in [0.2, 0.25) is 5.82 Å². The van der Waals surface area contributed by atoms with Gasteiger partial charge in [0.05, 0.1) is 23.3 Å². The van der Waals surface area contributed by atoms with Gasteiger partial charge in [-0.3, -0.25) is 4.99 Å². The summed E-state index contributed by atoms with van der Waals surface area (Å²) in [6.07, 6.45) is 2.69. The number of hydrazone groups is 1. The van der Waals surface area contributed by atoms with E-state index in [0.29, 0.717) is 34.3 Å². The molecule has 12 heteroatoms. The summed E-state index contributed by atoms with van der Waals surface area (Å²) >= 11 is 0. The van der Waals surface area contributed by atoms with E-state index in [9.17, 15) is 13.2 Å². The summed E-state index contributed by atoms with van der Waals surface area (Å²) in [6.45, 7) is 1.93. The van der Waals surface area contributed by atoms with Crippen LogP contribution in [0.5, 0.6) is 0 Å². The average molecular weight is 467 g/mol. The Bertz CT molecular complexity index is 1340. The minimum atomic E-state index is -4.65. The number of rotatable bonds is 6. The van der Waals surface area contributed by atoms with E-state index < -0.39 is 18.0 Å². The van der Waals surface area contributed by atoms with Crippen molar-refractivity contribution in [1.29, 1.82) is 0 Å². The quantitative estimate of drug-likeness (QED) is 0.249. The molecule has 0 saturated heterocycles. The van der Waals surface area contributed by atoms with Crippen LogP contribution < -0.4 is 11.6 Å². The fourth-order valence-corrected chi connectivity index (χ4v) is 3.59. The molecule has 0 spiro atoms. The first-order valence-corrected chi connectivity index (χ1v) is 10.2. The highest BCUT2D eigenvalue weighted by atomic mass is 19.4. The maximum Gasteiger partial charge on any atom is 0.451 e. The number of nitrogen functional groups attached to an aromatic ring is 1. The van der Waals surface area contributed by atoms with Crippen LogP contribution in [0.4, 0.5) is 24.7 Å². The Hall–Kier alpha value is -4.35. The third kappa shape index (κ3) is 4.42. The predicted molar refractivity (Wildman–Crippen MR) is 124 cm³/mol. The van der Waals surface area contributed by atoms with E-state index in [4.69, 9.17) is 11.6 Å². The number of aromatic nitrogens is 5. The van der Waals surface area contributed by atoms with Gasteiger partial charge in [0.25, 0.3) is 0 Å². The second kappa shape index (κ2) is 9.25. The largest absolute Gasteiger partial charge is 0.451 e. The maximum absolute atomic E-state index is 12.9. The molecule has 3 heterocycles. The van der Waals surface area contributed by atoms with Crippen molar-refractivity contribution in [2.45, 2.75) is 25.6 Å². The number of hydrogen-bond donors (Lipinski definition) is 2. The Labute approximate surface area is 192 Å². The van der Waals surface area contributed by atoms with Crippen LogP contribution in [0.2, 0.25) is 0 Å². The van der Waals surface area contributed by atoms with Gasteiger partial charge >= 0.3 is 6.18 Å². The monoisotopic (exact) mass is 467 g/mol. The van der Waals surface area contributed by atoms with Crippen LogP contribution >= 0.6 is 0 Å². The first-order chi connectivity index (χ1) is 16.3.